The first kappa shape index (κ1) is 23.2. The number of hydrogen-bond acceptors (Lipinski definition) is 5. The van der Waals surface area contributed by atoms with Gasteiger partial charge in [0.1, 0.15) is 24.2 Å². The molecule has 1 aliphatic heterocycles. The van der Waals surface area contributed by atoms with Crippen LogP contribution in [0.15, 0.2) is 43.1 Å². The highest BCUT2D eigenvalue weighted by Gasteiger charge is 2.40. The summed E-state index contributed by atoms with van der Waals surface area (Å²) in [7, 11) is 0. The molecule has 1 amide bonds. The van der Waals surface area contributed by atoms with E-state index in [-0.39, 0.29) is 35.1 Å². The van der Waals surface area contributed by atoms with Crippen LogP contribution in [0.4, 0.5) is 27.8 Å². The molecule has 184 valence electrons. The molecular weight excluding hydrogens is 471 g/mol. The van der Waals surface area contributed by atoms with Crippen molar-refractivity contribution in [2.24, 2.45) is 0 Å². The lowest BCUT2D eigenvalue weighted by Gasteiger charge is -2.39. The molecule has 12 heteroatoms. The molecule has 2 aromatic heterocycles. The lowest BCUT2D eigenvalue weighted by molar-refractivity contribution is -0.138. The summed E-state index contributed by atoms with van der Waals surface area (Å²) in [6, 6.07) is 4.57. The molecule has 0 atom stereocenters. The molecule has 0 N–H and O–H groups in total. The van der Waals surface area contributed by atoms with Crippen molar-refractivity contribution in [1.82, 2.24) is 24.6 Å². The Morgan fingerprint density at radius 2 is 1.71 bits per heavy atom. The maximum absolute atomic E-state index is 14.7. The lowest BCUT2D eigenvalue weighted by atomic mass is 10.0. The van der Waals surface area contributed by atoms with E-state index < -0.39 is 23.4 Å². The van der Waals surface area contributed by atoms with Gasteiger partial charge in [0.2, 0.25) is 0 Å². The summed E-state index contributed by atoms with van der Waals surface area (Å²) in [5.74, 6) is -2.05. The third-order valence-electron chi connectivity index (χ3n) is 6.34. The Hall–Kier alpha value is -3.57. The summed E-state index contributed by atoms with van der Waals surface area (Å²) < 4.78 is 68.8. The van der Waals surface area contributed by atoms with Gasteiger partial charge in [-0.25, -0.2) is 23.4 Å². The largest absolute Gasteiger partial charge is 0.417 e. The van der Waals surface area contributed by atoms with Crippen molar-refractivity contribution in [1.29, 1.82) is 0 Å². The molecule has 7 nitrogen and oxygen atoms in total. The fraction of sp³-hybridized carbons (Fsp3) is 0.391. The average molecular weight is 492 g/mol. The highest BCUT2D eigenvalue weighted by Crippen LogP contribution is 2.35. The molecular formula is C23H21F5N6O. The Balaban J connectivity index is 1.29. The number of aromatic nitrogens is 4. The second-order valence-corrected chi connectivity index (χ2v) is 8.70. The molecule has 0 spiro atoms. The van der Waals surface area contributed by atoms with Crippen molar-refractivity contribution in [2.75, 3.05) is 18.0 Å². The first-order valence-electron chi connectivity index (χ1n) is 11.2. The Bertz CT molecular complexity index is 1220. The molecule has 2 aliphatic rings. The van der Waals surface area contributed by atoms with Crippen LogP contribution >= 0.6 is 0 Å². The number of amides is 1. The van der Waals surface area contributed by atoms with Crippen LogP contribution in [0, 0.1) is 11.6 Å². The molecule has 1 aliphatic carbocycles. The zero-order valence-corrected chi connectivity index (χ0v) is 18.4. The van der Waals surface area contributed by atoms with Crippen LogP contribution in [0.5, 0.6) is 0 Å². The van der Waals surface area contributed by atoms with Crippen molar-refractivity contribution in [3.63, 3.8) is 0 Å². The predicted molar refractivity (Wildman–Crippen MR) is 115 cm³/mol. The number of anilines is 1. The second-order valence-electron chi connectivity index (χ2n) is 8.70. The Labute approximate surface area is 197 Å². The fourth-order valence-electron chi connectivity index (χ4n) is 4.46. The van der Waals surface area contributed by atoms with Crippen LogP contribution in [0.3, 0.4) is 0 Å². The number of alkyl halides is 3. The standard InChI is InChI=1S/C23H21F5N6O/c24-18-9-14(1-4-20(18)33-13-29-12-31-33)22(35)34(16-2-3-16)17-5-7-32(8-6-17)21-19(25)10-15(11-30-21)23(26,27)28/h1,4,9-13,16-17H,2-3,5-8H2. The Kier molecular flexibility index (Phi) is 5.89. The van der Waals surface area contributed by atoms with E-state index in [1.165, 1.54) is 29.5 Å². The minimum absolute atomic E-state index is 0.0537. The summed E-state index contributed by atoms with van der Waals surface area (Å²) >= 11 is 0. The third-order valence-corrected chi connectivity index (χ3v) is 6.34. The molecule has 3 aromatic rings. The van der Waals surface area contributed by atoms with E-state index in [9.17, 15) is 26.7 Å². The topological polar surface area (TPSA) is 67.2 Å². The van der Waals surface area contributed by atoms with Crippen LogP contribution in [0.2, 0.25) is 0 Å². The maximum atomic E-state index is 14.7. The van der Waals surface area contributed by atoms with Crippen LogP contribution in [0.1, 0.15) is 41.6 Å². The molecule has 1 saturated carbocycles. The van der Waals surface area contributed by atoms with E-state index in [4.69, 9.17) is 0 Å². The van der Waals surface area contributed by atoms with Crippen LogP contribution in [-0.2, 0) is 6.18 Å². The quantitative estimate of drug-likeness (QED) is 0.499. The van der Waals surface area contributed by atoms with E-state index >= 15 is 0 Å². The molecule has 3 heterocycles. The van der Waals surface area contributed by atoms with E-state index in [0.717, 1.165) is 12.8 Å². The zero-order valence-electron chi connectivity index (χ0n) is 18.4. The molecule has 0 unspecified atom stereocenters. The molecule has 35 heavy (non-hydrogen) atoms. The predicted octanol–water partition coefficient (Wildman–Crippen LogP) is 4.23. The number of hydrogen-bond donors (Lipinski definition) is 0. The average Bonchev–Trinajstić information content (AvgIpc) is 3.51. The van der Waals surface area contributed by atoms with Gasteiger partial charge in [0.25, 0.3) is 5.91 Å². The van der Waals surface area contributed by atoms with E-state index in [1.807, 2.05) is 0 Å². The SMILES string of the molecule is O=C(c1ccc(-n2cncn2)c(F)c1)N(C1CC1)C1CCN(c2ncc(C(F)(F)F)cc2F)CC1. The van der Waals surface area contributed by atoms with Crippen LogP contribution < -0.4 is 4.90 Å². The molecule has 0 radical (unpaired) electrons. The van der Waals surface area contributed by atoms with Gasteiger partial charge in [-0.1, -0.05) is 0 Å². The maximum Gasteiger partial charge on any atom is 0.417 e. The Morgan fingerprint density at radius 3 is 2.29 bits per heavy atom. The minimum Gasteiger partial charge on any atom is -0.354 e. The second kappa shape index (κ2) is 8.90. The fourth-order valence-corrected chi connectivity index (χ4v) is 4.46. The van der Waals surface area contributed by atoms with Gasteiger partial charge in [-0.05, 0) is 49.9 Å². The molecule has 5 rings (SSSR count). The van der Waals surface area contributed by atoms with E-state index in [2.05, 4.69) is 15.1 Å². The van der Waals surface area contributed by atoms with Gasteiger partial charge in [-0.3, -0.25) is 4.79 Å². The number of pyridine rings is 1. The number of carbonyl (C=O) groups excluding carboxylic acids is 1. The third kappa shape index (κ3) is 4.69. The van der Waals surface area contributed by atoms with E-state index in [1.54, 1.807) is 15.9 Å². The first-order chi connectivity index (χ1) is 16.7. The molecule has 2 fully saturated rings. The van der Waals surface area contributed by atoms with Gasteiger partial charge >= 0.3 is 6.18 Å². The number of piperidine rings is 1. The number of benzene rings is 1. The van der Waals surface area contributed by atoms with Crippen LogP contribution in [0.25, 0.3) is 5.69 Å². The first-order valence-corrected chi connectivity index (χ1v) is 11.2. The van der Waals surface area contributed by atoms with Crippen molar-refractivity contribution in [3.8, 4) is 5.69 Å². The zero-order chi connectivity index (χ0) is 24.7. The molecule has 1 saturated heterocycles. The molecule has 0 bridgehead atoms. The molecule has 1 aromatic carbocycles. The Morgan fingerprint density at radius 1 is 1.00 bits per heavy atom. The number of halogens is 5. The number of rotatable bonds is 5. The van der Waals surface area contributed by atoms with Crippen molar-refractivity contribution in [3.05, 3.63) is 65.9 Å². The van der Waals surface area contributed by atoms with Gasteiger partial charge in [0.15, 0.2) is 11.6 Å². The number of carbonyl (C=O) groups is 1. The van der Waals surface area contributed by atoms with Gasteiger partial charge < -0.3 is 9.80 Å². The highest BCUT2D eigenvalue weighted by molar-refractivity contribution is 5.95. The van der Waals surface area contributed by atoms with Gasteiger partial charge in [-0.2, -0.15) is 18.3 Å². The summed E-state index contributed by atoms with van der Waals surface area (Å²) in [5.41, 5.74) is -0.742. The number of nitrogens with zero attached hydrogens (tertiary/aromatic N) is 6. The lowest BCUT2D eigenvalue weighted by Crippen LogP contribution is -2.48. The minimum atomic E-state index is -4.67. The van der Waals surface area contributed by atoms with Gasteiger partial charge in [-0.15, -0.1) is 0 Å². The summed E-state index contributed by atoms with van der Waals surface area (Å²) in [4.78, 5) is 24.2. The summed E-state index contributed by atoms with van der Waals surface area (Å²) in [5, 5.41) is 3.90. The van der Waals surface area contributed by atoms with E-state index in [0.29, 0.717) is 38.2 Å². The smallest absolute Gasteiger partial charge is 0.354 e. The monoisotopic (exact) mass is 492 g/mol. The summed E-state index contributed by atoms with van der Waals surface area (Å²) in [6.45, 7) is 0.659. The summed E-state index contributed by atoms with van der Waals surface area (Å²) in [6.07, 6.45) is 1.28. The highest BCUT2D eigenvalue weighted by atomic mass is 19.4. The van der Waals surface area contributed by atoms with Gasteiger partial charge in [0, 0.05) is 36.9 Å². The van der Waals surface area contributed by atoms with Crippen LogP contribution in [-0.4, -0.2) is 55.7 Å². The van der Waals surface area contributed by atoms with Crippen molar-refractivity contribution in [2.45, 2.75) is 43.9 Å². The normalized spacial score (nSPS) is 17.0. The van der Waals surface area contributed by atoms with Crippen molar-refractivity contribution >= 4 is 11.7 Å². The van der Waals surface area contributed by atoms with Gasteiger partial charge in [0.05, 0.1) is 5.56 Å². The van der Waals surface area contributed by atoms with Crippen molar-refractivity contribution < 1.29 is 26.7 Å².